The summed E-state index contributed by atoms with van der Waals surface area (Å²) in [5.41, 5.74) is 1.23. The molecule has 4 rings (SSSR count). The van der Waals surface area contributed by atoms with E-state index in [2.05, 4.69) is 5.32 Å². The number of nitro benzene ring substituents is 1. The Labute approximate surface area is 193 Å². The summed E-state index contributed by atoms with van der Waals surface area (Å²) in [7, 11) is 0. The Morgan fingerprint density at radius 2 is 1.97 bits per heavy atom. The van der Waals surface area contributed by atoms with Gasteiger partial charge in [-0.2, -0.15) is 0 Å². The number of carbonyl (C=O) groups is 2. The maximum Gasteiger partial charge on any atom is 0.341 e. The molecule has 0 fully saturated rings. The minimum Gasteiger partial charge on any atom is -0.479 e. The maximum atomic E-state index is 12.8. The fourth-order valence-corrected chi connectivity index (χ4v) is 4.97. The van der Waals surface area contributed by atoms with Crippen molar-refractivity contribution in [3.8, 4) is 5.75 Å². The number of aryl methyl sites for hydroxylation is 1. The Bertz CT molecular complexity index is 1200. The van der Waals surface area contributed by atoms with Crippen LogP contribution in [0.4, 0.5) is 10.7 Å². The van der Waals surface area contributed by atoms with Crippen LogP contribution in [0.3, 0.4) is 0 Å². The van der Waals surface area contributed by atoms with Crippen molar-refractivity contribution in [2.45, 2.75) is 39.2 Å². The Morgan fingerprint density at radius 3 is 2.76 bits per heavy atom. The first kappa shape index (κ1) is 22.5. The van der Waals surface area contributed by atoms with Crippen molar-refractivity contribution in [3.63, 3.8) is 0 Å². The lowest BCUT2D eigenvalue weighted by molar-refractivity contribution is -0.386. The van der Waals surface area contributed by atoms with Gasteiger partial charge in [0.2, 0.25) is 0 Å². The van der Waals surface area contributed by atoms with Gasteiger partial charge in [0.15, 0.2) is 11.5 Å². The number of esters is 1. The number of nitro groups is 1. The number of nitrogens with one attached hydrogen (secondary N) is 1. The number of hydrogen-bond acceptors (Lipinski definition) is 8. The fourth-order valence-electron chi connectivity index (χ4n) is 3.69. The SMILES string of the molecule is CCOC(=O)c1c(NC(=O)c2ccc(COc3ccccc3[N+](=O)[O-])o2)sc2c1CCCC2. The number of furan rings is 1. The topological polar surface area (TPSA) is 121 Å². The van der Waals surface area contributed by atoms with Crippen LogP contribution in [0.15, 0.2) is 40.8 Å². The van der Waals surface area contributed by atoms with E-state index in [9.17, 15) is 19.7 Å². The third-order valence-electron chi connectivity index (χ3n) is 5.20. The number of benzene rings is 1. The molecule has 1 aliphatic carbocycles. The third kappa shape index (κ3) is 4.90. The van der Waals surface area contributed by atoms with Crippen LogP contribution in [0, 0.1) is 10.1 Å². The van der Waals surface area contributed by atoms with E-state index in [1.165, 1.54) is 29.5 Å². The molecular weight excluding hydrogens is 448 g/mol. The quantitative estimate of drug-likeness (QED) is 0.275. The Kier molecular flexibility index (Phi) is 6.74. The van der Waals surface area contributed by atoms with E-state index in [0.717, 1.165) is 36.1 Å². The van der Waals surface area contributed by atoms with Crippen LogP contribution >= 0.6 is 11.3 Å². The Hall–Kier alpha value is -3.66. The summed E-state index contributed by atoms with van der Waals surface area (Å²) in [6.45, 7) is 1.91. The largest absolute Gasteiger partial charge is 0.479 e. The van der Waals surface area contributed by atoms with E-state index >= 15 is 0 Å². The lowest BCUT2D eigenvalue weighted by Crippen LogP contribution is -2.15. The van der Waals surface area contributed by atoms with Gasteiger partial charge in [0.1, 0.15) is 17.4 Å². The lowest BCUT2D eigenvalue weighted by atomic mass is 9.95. The van der Waals surface area contributed by atoms with Crippen molar-refractivity contribution < 1.29 is 28.4 Å². The number of para-hydroxylation sites is 2. The zero-order valence-corrected chi connectivity index (χ0v) is 18.7. The highest BCUT2D eigenvalue weighted by Crippen LogP contribution is 2.39. The van der Waals surface area contributed by atoms with Gasteiger partial charge in [-0.1, -0.05) is 12.1 Å². The number of hydrogen-bond donors (Lipinski definition) is 1. The molecule has 1 amide bonds. The molecule has 33 heavy (non-hydrogen) atoms. The third-order valence-corrected chi connectivity index (χ3v) is 6.40. The Balaban J connectivity index is 1.48. The number of rotatable bonds is 8. The molecule has 0 saturated carbocycles. The number of thiophene rings is 1. The van der Waals surface area contributed by atoms with Gasteiger partial charge in [-0.05, 0) is 56.4 Å². The van der Waals surface area contributed by atoms with Crippen LogP contribution in [0.1, 0.15) is 56.9 Å². The van der Waals surface area contributed by atoms with E-state index in [-0.39, 0.29) is 30.4 Å². The average Bonchev–Trinajstić information content (AvgIpc) is 3.42. The first-order valence-corrected chi connectivity index (χ1v) is 11.4. The second kappa shape index (κ2) is 9.86. The molecule has 1 aromatic carbocycles. The van der Waals surface area contributed by atoms with Crippen LogP contribution < -0.4 is 10.1 Å². The molecule has 0 aliphatic heterocycles. The molecule has 172 valence electrons. The summed E-state index contributed by atoms with van der Waals surface area (Å²) in [5, 5.41) is 14.4. The first-order chi connectivity index (χ1) is 16.0. The van der Waals surface area contributed by atoms with Crippen LogP contribution in [0.5, 0.6) is 5.75 Å². The number of amides is 1. The summed E-state index contributed by atoms with van der Waals surface area (Å²) in [4.78, 5) is 37.0. The number of nitrogens with zero attached hydrogens (tertiary/aromatic N) is 1. The molecular formula is C23H22N2O7S. The van der Waals surface area contributed by atoms with E-state index in [1.54, 1.807) is 25.1 Å². The monoisotopic (exact) mass is 470 g/mol. The molecule has 1 N–H and O–H groups in total. The molecule has 0 unspecified atom stereocenters. The number of carbonyl (C=O) groups excluding carboxylic acids is 2. The highest BCUT2D eigenvalue weighted by Gasteiger charge is 2.28. The molecule has 0 saturated heterocycles. The van der Waals surface area contributed by atoms with Gasteiger partial charge >= 0.3 is 11.7 Å². The summed E-state index contributed by atoms with van der Waals surface area (Å²) in [5.74, 6) is -0.471. The highest BCUT2D eigenvalue weighted by molar-refractivity contribution is 7.17. The molecule has 10 heteroatoms. The van der Waals surface area contributed by atoms with Crippen molar-refractivity contribution in [1.82, 2.24) is 0 Å². The second-order valence-electron chi connectivity index (χ2n) is 7.37. The molecule has 2 heterocycles. The van der Waals surface area contributed by atoms with E-state index < -0.39 is 16.8 Å². The standard InChI is InChI=1S/C23H22N2O7S/c1-2-30-23(27)20-15-7-3-6-10-19(15)33-22(20)24-21(26)18-12-11-14(32-18)13-31-17-9-5-4-8-16(17)25(28)29/h4-5,8-9,11-12H,2-3,6-7,10,13H2,1H3,(H,24,26). The van der Waals surface area contributed by atoms with Crippen LogP contribution in [0.25, 0.3) is 0 Å². The fraction of sp³-hybridized carbons (Fsp3) is 0.304. The van der Waals surface area contributed by atoms with Gasteiger partial charge in [0.25, 0.3) is 5.91 Å². The van der Waals surface area contributed by atoms with E-state index in [1.807, 2.05) is 0 Å². The summed E-state index contributed by atoms with van der Waals surface area (Å²) in [6, 6.07) is 9.07. The van der Waals surface area contributed by atoms with Crippen LogP contribution in [-0.2, 0) is 24.2 Å². The summed E-state index contributed by atoms with van der Waals surface area (Å²) >= 11 is 1.39. The van der Waals surface area contributed by atoms with Crippen molar-refractivity contribution in [2.24, 2.45) is 0 Å². The first-order valence-electron chi connectivity index (χ1n) is 10.6. The maximum absolute atomic E-state index is 12.8. The van der Waals surface area contributed by atoms with Gasteiger partial charge in [-0.3, -0.25) is 14.9 Å². The van der Waals surface area contributed by atoms with Gasteiger partial charge in [0.05, 0.1) is 17.1 Å². The summed E-state index contributed by atoms with van der Waals surface area (Å²) in [6.07, 6.45) is 3.69. The molecule has 3 aromatic rings. The predicted molar refractivity (Wildman–Crippen MR) is 121 cm³/mol. The minimum atomic E-state index is -0.530. The molecule has 0 spiro atoms. The molecule has 0 bridgehead atoms. The minimum absolute atomic E-state index is 0.0392. The van der Waals surface area contributed by atoms with E-state index in [4.69, 9.17) is 13.9 Å². The van der Waals surface area contributed by atoms with Crippen molar-refractivity contribution in [1.29, 1.82) is 0 Å². The van der Waals surface area contributed by atoms with Gasteiger partial charge in [-0.15, -0.1) is 11.3 Å². The van der Waals surface area contributed by atoms with Crippen molar-refractivity contribution >= 4 is 33.9 Å². The highest BCUT2D eigenvalue weighted by atomic mass is 32.1. The van der Waals surface area contributed by atoms with Crippen LogP contribution in [0.2, 0.25) is 0 Å². The zero-order valence-electron chi connectivity index (χ0n) is 17.9. The van der Waals surface area contributed by atoms with Crippen molar-refractivity contribution in [2.75, 3.05) is 11.9 Å². The molecule has 0 atom stereocenters. The summed E-state index contributed by atoms with van der Waals surface area (Å²) < 4.78 is 16.3. The smallest absolute Gasteiger partial charge is 0.341 e. The number of anilines is 1. The molecule has 1 aliphatic rings. The molecule has 2 aromatic heterocycles. The van der Waals surface area contributed by atoms with Gasteiger partial charge in [0, 0.05) is 10.9 Å². The molecule has 0 radical (unpaired) electrons. The number of fused-ring (bicyclic) bond motifs is 1. The van der Waals surface area contributed by atoms with E-state index in [0.29, 0.717) is 16.3 Å². The average molecular weight is 471 g/mol. The van der Waals surface area contributed by atoms with Crippen LogP contribution in [-0.4, -0.2) is 23.4 Å². The van der Waals surface area contributed by atoms with Gasteiger partial charge in [-0.25, -0.2) is 4.79 Å². The predicted octanol–water partition coefficient (Wildman–Crippen LogP) is 5.14. The normalized spacial score (nSPS) is 12.6. The van der Waals surface area contributed by atoms with Gasteiger partial charge < -0.3 is 19.2 Å². The Morgan fingerprint density at radius 1 is 1.18 bits per heavy atom. The zero-order chi connectivity index (χ0) is 23.4. The number of ether oxygens (including phenoxy) is 2. The molecule has 9 nitrogen and oxygen atoms in total. The lowest BCUT2D eigenvalue weighted by Gasteiger charge is -2.12. The second-order valence-corrected chi connectivity index (χ2v) is 8.47. The van der Waals surface area contributed by atoms with Crippen molar-refractivity contribution in [3.05, 3.63) is 74.0 Å².